The van der Waals surface area contributed by atoms with E-state index in [0.29, 0.717) is 16.8 Å². The van der Waals surface area contributed by atoms with E-state index in [2.05, 4.69) is 9.72 Å². The van der Waals surface area contributed by atoms with Gasteiger partial charge in [0, 0.05) is 0 Å². The van der Waals surface area contributed by atoms with Gasteiger partial charge in [-0.25, -0.2) is 9.78 Å². The number of hydrogen-bond acceptors (Lipinski definition) is 5. The third-order valence-corrected chi connectivity index (χ3v) is 4.13. The van der Waals surface area contributed by atoms with Crippen molar-refractivity contribution in [1.82, 2.24) is 9.55 Å². The summed E-state index contributed by atoms with van der Waals surface area (Å²) >= 11 is 0. The van der Waals surface area contributed by atoms with Crippen LogP contribution in [0.2, 0.25) is 0 Å². The van der Waals surface area contributed by atoms with E-state index in [1.807, 2.05) is 26.8 Å². The van der Waals surface area contributed by atoms with Gasteiger partial charge in [0.15, 0.2) is 5.82 Å². The van der Waals surface area contributed by atoms with Gasteiger partial charge < -0.3 is 4.74 Å². The van der Waals surface area contributed by atoms with Crippen molar-refractivity contribution in [3.05, 3.63) is 69.3 Å². The molecule has 2 heterocycles. The van der Waals surface area contributed by atoms with Gasteiger partial charge in [0.1, 0.15) is 0 Å². The number of carbonyl (C=O) groups excluding carboxylic acids is 2. The van der Waals surface area contributed by atoms with E-state index in [0.717, 1.165) is 5.56 Å². The Bertz CT molecular complexity index is 1110. The van der Waals surface area contributed by atoms with E-state index in [1.54, 1.807) is 18.2 Å². The lowest BCUT2D eigenvalue weighted by Gasteiger charge is -2.07. The van der Waals surface area contributed by atoms with Crippen LogP contribution in [0.4, 0.5) is 0 Å². The predicted octanol–water partition coefficient (Wildman–Crippen LogP) is 3.05. The van der Waals surface area contributed by atoms with Gasteiger partial charge in [0.25, 0.3) is 5.56 Å². The Labute approximate surface area is 150 Å². The molecule has 0 fully saturated rings. The molecule has 0 unspecified atom stereocenters. The fourth-order valence-corrected chi connectivity index (χ4v) is 2.95. The Morgan fingerprint density at radius 1 is 1.08 bits per heavy atom. The van der Waals surface area contributed by atoms with Gasteiger partial charge in [0.05, 0.1) is 34.8 Å². The summed E-state index contributed by atoms with van der Waals surface area (Å²) in [6.07, 6.45) is 0. The highest BCUT2D eigenvalue weighted by Crippen LogP contribution is 2.27. The van der Waals surface area contributed by atoms with Crippen LogP contribution in [0.3, 0.4) is 0 Å². The van der Waals surface area contributed by atoms with Gasteiger partial charge in [0.2, 0.25) is 5.78 Å². The average Bonchev–Trinajstić information content (AvgIpc) is 2.95. The molecular formula is C20H18N2O4. The summed E-state index contributed by atoms with van der Waals surface area (Å²) in [6.45, 7) is 5.88. The standard InChI is InChI=1S/C18H12N2O4.C2H6/c1-9-3-6-14-12(7-9)15(21)16-19-13-5-4-10(18(23)24-2)8-11(13)17(22)20(14)16;1-2/h3-8H,1-2H3;1-2H3. The highest BCUT2D eigenvalue weighted by atomic mass is 16.5. The van der Waals surface area contributed by atoms with Crippen molar-refractivity contribution >= 4 is 22.7 Å². The normalized spacial score (nSPS) is 11.5. The molecule has 0 bridgehead atoms. The number of nitrogens with zero attached hydrogens (tertiary/aromatic N) is 2. The van der Waals surface area contributed by atoms with Crippen molar-refractivity contribution in [3.63, 3.8) is 0 Å². The molecule has 2 aromatic carbocycles. The monoisotopic (exact) mass is 350 g/mol. The predicted molar refractivity (Wildman–Crippen MR) is 98.2 cm³/mol. The first-order valence-corrected chi connectivity index (χ1v) is 8.32. The Kier molecular flexibility index (Phi) is 4.42. The summed E-state index contributed by atoms with van der Waals surface area (Å²) < 4.78 is 5.99. The number of fused-ring (bicyclic) bond motifs is 4. The van der Waals surface area contributed by atoms with Crippen LogP contribution in [0.15, 0.2) is 41.2 Å². The van der Waals surface area contributed by atoms with E-state index in [9.17, 15) is 14.4 Å². The van der Waals surface area contributed by atoms with Gasteiger partial charge in [-0.3, -0.25) is 14.2 Å². The second-order valence-electron chi connectivity index (χ2n) is 5.65. The van der Waals surface area contributed by atoms with Crippen LogP contribution >= 0.6 is 0 Å². The molecule has 0 atom stereocenters. The lowest BCUT2D eigenvalue weighted by atomic mass is 10.1. The number of aryl methyl sites for hydroxylation is 1. The van der Waals surface area contributed by atoms with Gasteiger partial charge >= 0.3 is 5.97 Å². The van der Waals surface area contributed by atoms with Gasteiger partial charge in [-0.1, -0.05) is 25.5 Å². The van der Waals surface area contributed by atoms with E-state index < -0.39 is 5.97 Å². The largest absolute Gasteiger partial charge is 0.465 e. The zero-order valence-electron chi connectivity index (χ0n) is 15.0. The molecule has 3 aromatic rings. The second-order valence-corrected chi connectivity index (χ2v) is 5.65. The van der Waals surface area contributed by atoms with Crippen molar-refractivity contribution in [3.8, 4) is 5.69 Å². The van der Waals surface area contributed by atoms with Gasteiger partial charge in [-0.05, 0) is 37.3 Å². The summed E-state index contributed by atoms with van der Waals surface area (Å²) in [7, 11) is 1.28. The molecular weight excluding hydrogens is 332 g/mol. The van der Waals surface area contributed by atoms with Crippen molar-refractivity contribution < 1.29 is 14.3 Å². The van der Waals surface area contributed by atoms with Crippen molar-refractivity contribution in [1.29, 1.82) is 0 Å². The highest BCUT2D eigenvalue weighted by Gasteiger charge is 2.30. The molecule has 0 aliphatic carbocycles. The minimum Gasteiger partial charge on any atom is -0.465 e. The molecule has 0 saturated heterocycles. The minimum absolute atomic E-state index is 0.0962. The molecule has 132 valence electrons. The third-order valence-electron chi connectivity index (χ3n) is 4.13. The van der Waals surface area contributed by atoms with Crippen LogP contribution < -0.4 is 5.56 Å². The van der Waals surface area contributed by atoms with Crippen LogP contribution in [0.1, 0.15) is 46.0 Å². The zero-order valence-corrected chi connectivity index (χ0v) is 15.0. The summed E-state index contributed by atoms with van der Waals surface area (Å²) in [5, 5.41) is 0.267. The number of benzene rings is 2. The summed E-state index contributed by atoms with van der Waals surface area (Å²) in [6, 6.07) is 9.83. The molecule has 1 aromatic heterocycles. The SMILES string of the molecule is CC.COC(=O)c1ccc2nc3n(c(=O)c2c1)-c1ccc(C)cc1C3=O. The Hall–Kier alpha value is -3.28. The zero-order chi connectivity index (χ0) is 19.0. The number of carbonyl (C=O) groups is 2. The number of ether oxygens (including phenoxy) is 1. The van der Waals surface area contributed by atoms with Crippen LogP contribution in [-0.2, 0) is 4.74 Å². The molecule has 1 aliphatic rings. The number of hydrogen-bond donors (Lipinski definition) is 0. The maximum atomic E-state index is 12.9. The maximum Gasteiger partial charge on any atom is 0.337 e. The van der Waals surface area contributed by atoms with Gasteiger partial charge in [-0.15, -0.1) is 0 Å². The van der Waals surface area contributed by atoms with Crippen LogP contribution in [0.25, 0.3) is 16.6 Å². The molecule has 26 heavy (non-hydrogen) atoms. The number of ketones is 1. The quantitative estimate of drug-likeness (QED) is 0.493. The van der Waals surface area contributed by atoms with E-state index >= 15 is 0 Å². The highest BCUT2D eigenvalue weighted by molar-refractivity contribution is 6.13. The first-order valence-electron chi connectivity index (χ1n) is 8.32. The van der Waals surface area contributed by atoms with E-state index in [-0.39, 0.29) is 28.1 Å². The third kappa shape index (κ3) is 2.50. The fourth-order valence-electron chi connectivity index (χ4n) is 2.95. The fraction of sp³-hybridized carbons (Fsp3) is 0.200. The lowest BCUT2D eigenvalue weighted by Crippen LogP contribution is -2.21. The maximum absolute atomic E-state index is 12.9. The van der Waals surface area contributed by atoms with Crippen molar-refractivity contribution in [2.45, 2.75) is 20.8 Å². The molecule has 1 aliphatic heterocycles. The first kappa shape index (κ1) is 17.5. The molecule has 0 radical (unpaired) electrons. The first-order chi connectivity index (χ1) is 12.5. The Balaban J connectivity index is 0.000000948. The Morgan fingerprint density at radius 3 is 2.50 bits per heavy atom. The minimum atomic E-state index is -0.533. The number of rotatable bonds is 1. The topological polar surface area (TPSA) is 78.3 Å². The van der Waals surface area contributed by atoms with Crippen LogP contribution in [0, 0.1) is 6.92 Å². The number of esters is 1. The molecule has 0 amide bonds. The molecule has 0 saturated carbocycles. The molecule has 4 rings (SSSR count). The second kappa shape index (κ2) is 6.55. The van der Waals surface area contributed by atoms with Crippen LogP contribution in [0.5, 0.6) is 0 Å². The smallest absolute Gasteiger partial charge is 0.337 e. The van der Waals surface area contributed by atoms with Crippen molar-refractivity contribution in [2.24, 2.45) is 0 Å². The molecule has 0 spiro atoms. The molecule has 6 nitrogen and oxygen atoms in total. The number of aromatic nitrogens is 2. The van der Waals surface area contributed by atoms with Gasteiger partial charge in [-0.2, -0.15) is 0 Å². The summed E-state index contributed by atoms with van der Waals surface area (Å²) in [5.74, 6) is -0.711. The number of methoxy groups -OCH3 is 1. The Morgan fingerprint density at radius 2 is 1.81 bits per heavy atom. The average molecular weight is 350 g/mol. The van der Waals surface area contributed by atoms with E-state index in [4.69, 9.17) is 0 Å². The summed E-state index contributed by atoms with van der Waals surface area (Å²) in [5.41, 5.74) is 2.17. The summed E-state index contributed by atoms with van der Waals surface area (Å²) in [4.78, 5) is 41.5. The van der Waals surface area contributed by atoms with E-state index in [1.165, 1.54) is 23.8 Å². The van der Waals surface area contributed by atoms with Crippen molar-refractivity contribution in [2.75, 3.05) is 7.11 Å². The molecule has 6 heteroatoms. The lowest BCUT2D eigenvalue weighted by molar-refractivity contribution is 0.0600. The molecule has 0 N–H and O–H groups in total. The van der Waals surface area contributed by atoms with Crippen LogP contribution in [-0.4, -0.2) is 28.4 Å².